The number of ketones is 1. The predicted molar refractivity (Wildman–Crippen MR) is 76.3 cm³/mol. The van der Waals surface area contributed by atoms with E-state index >= 15 is 0 Å². The Morgan fingerprint density at radius 2 is 2.05 bits per heavy atom. The number of carbonyl (C=O) groups excluding carboxylic acids is 2. The first-order valence-electron chi connectivity index (χ1n) is 5.99. The molecule has 0 saturated carbocycles. The predicted octanol–water partition coefficient (Wildman–Crippen LogP) is 2.82. The summed E-state index contributed by atoms with van der Waals surface area (Å²) >= 11 is 0. The number of rotatable bonds is 4. The molecule has 1 heterocycles. The standard InChI is InChI=1S/C16H15NO2/c1-4-6-12(5-2)10-17-14-8-7-11(3)9-13(14)15(18)16(17)19/h4-9H,1-2,10H2,3H3/b12-6+. The summed E-state index contributed by atoms with van der Waals surface area (Å²) in [6.07, 6.45) is 5.07. The molecule has 1 aliphatic rings. The number of anilines is 1. The molecule has 0 atom stereocenters. The number of nitrogens with zero attached hydrogens (tertiary/aromatic N) is 1. The van der Waals surface area contributed by atoms with Gasteiger partial charge in [0.25, 0.3) is 11.7 Å². The van der Waals surface area contributed by atoms with E-state index in [1.807, 2.05) is 19.1 Å². The first-order chi connectivity index (χ1) is 9.08. The van der Waals surface area contributed by atoms with Crippen molar-refractivity contribution >= 4 is 17.4 Å². The summed E-state index contributed by atoms with van der Waals surface area (Å²) in [5.41, 5.74) is 2.95. The van der Waals surface area contributed by atoms with Gasteiger partial charge in [-0.25, -0.2) is 0 Å². The molecule has 1 aromatic rings. The van der Waals surface area contributed by atoms with Crippen molar-refractivity contribution in [1.29, 1.82) is 0 Å². The molecule has 2 rings (SSSR count). The van der Waals surface area contributed by atoms with Gasteiger partial charge in [-0.3, -0.25) is 9.59 Å². The SMILES string of the molecule is C=C/C=C(\C=C)CN1C(=O)C(=O)c2cc(C)ccc21. The zero-order valence-electron chi connectivity index (χ0n) is 10.8. The highest BCUT2D eigenvalue weighted by atomic mass is 16.2. The van der Waals surface area contributed by atoms with Gasteiger partial charge in [0.05, 0.1) is 17.8 Å². The summed E-state index contributed by atoms with van der Waals surface area (Å²) in [6, 6.07) is 5.45. The molecule has 3 nitrogen and oxygen atoms in total. The van der Waals surface area contributed by atoms with Gasteiger partial charge in [-0.05, 0) is 24.6 Å². The van der Waals surface area contributed by atoms with Crippen LogP contribution in [-0.2, 0) is 4.79 Å². The van der Waals surface area contributed by atoms with Crippen LogP contribution < -0.4 is 4.90 Å². The van der Waals surface area contributed by atoms with E-state index in [9.17, 15) is 9.59 Å². The molecule has 1 aromatic carbocycles. The third-order valence-electron chi connectivity index (χ3n) is 3.06. The maximum absolute atomic E-state index is 12.0. The Morgan fingerprint density at radius 1 is 1.32 bits per heavy atom. The zero-order chi connectivity index (χ0) is 14.0. The fourth-order valence-corrected chi connectivity index (χ4v) is 2.09. The van der Waals surface area contributed by atoms with Crippen LogP contribution in [0.4, 0.5) is 5.69 Å². The maximum Gasteiger partial charge on any atom is 0.299 e. The van der Waals surface area contributed by atoms with Gasteiger partial charge in [0.15, 0.2) is 0 Å². The van der Waals surface area contributed by atoms with Crippen molar-refractivity contribution in [2.24, 2.45) is 0 Å². The summed E-state index contributed by atoms with van der Waals surface area (Å²) in [6.45, 7) is 9.54. The Morgan fingerprint density at radius 3 is 2.68 bits per heavy atom. The number of hydrogen-bond acceptors (Lipinski definition) is 2. The molecule has 19 heavy (non-hydrogen) atoms. The van der Waals surface area contributed by atoms with Crippen LogP contribution in [0.3, 0.4) is 0 Å². The Balaban J connectivity index is 2.41. The van der Waals surface area contributed by atoms with Crippen molar-refractivity contribution in [1.82, 2.24) is 0 Å². The van der Waals surface area contributed by atoms with E-state index in [1.54, 1.807) is 24.3 Å². The second-order valence-electron chi connectivity index (χ2n) is 4.42. The minimum atomic E-state index is -0.489. The van der Waals surface area contributed by atoms with Crippen LogP contribution in [0, 0.1) is 6.92 Å². The van der Waals surface area contributed by atoms with Crippen LogP contribution >= 0.6 is 0 Å². The molecule has 0 unspecified atom stereocenters. The number of hydrogen-bond donors (Lipinski definition) is 0. The molecule has 0 bridgehead atoms. The first-order valence-corrected chi connectivity index (χ1v) is 5.99. The number of fused-ring (bicyclic) bond motifs is 1. The van der Waals surface area contributed by atoms with Gasteiger partial charge in [0.2, 0.25) is 0 Å². The minimum Gasteiger partial charge on any atom is -0.300 e. The summed E-state index contributed by atoms with van der Waals surface area (Å²) in [5, 5.41) is 0. The summed E-state index contributed by atoms with van der Waals surface area (Å²) < 4.78 is 0. The van der Waals surface area contributed by atoms with Crippen LogP contribution in [0.1, 0.15) is 15.9 Å². The van der Waals surface area contributed by atoms with E-state index in [2.05, 4.69) is 13.2 Å². The molecule has 0 N–H and O–H groups in total. The van der Waals surface area contributed by atoms with Gasteiger partial charge in [-0.2, -0.15) is 0 Å². The van der Waals surface area contributed by atoms with Gasteiger partial charge in [0.1, 0.15) is 0 Å². The molecule has 1 aliphatic heterocycles. The van der Waals surface area contributed by atoms with Gasteiger partial charge < -0.3 is 4.90 Å². The maximum atomic E-state index is 12.0. The van der Waals surface area contributed by atoms with E-state index in [0.29, 0.717) is 17.8 Å². The molecule has 96 valence electrons. The zero-order valence-corrected chi connectivity index (χ0v) is 10.8. The summed E-state index contributed by atoms with van der Waals surface area (Å²) in [7, 11) is 0. The smallest absolute Gasteiger partial charge is 0.299 e. The lowest BCUT2D eigenvalue weighted by molar-refractivity contribution is -0.114. The molecule has 0 fully saturated rings. The lowest BCUT2D eigenvalue weighted by Gasteiger charge is -2.17. The molecule has 0 aromatic heterocycles. The van der Waals surface area contributed by atoms with E-state index < -0.39 is 11.7 Å². The van der Waals surface area contributed by atoms with Crippen LogP contribution in [0.15, 0.2) is 55.2 Å². The van der Waals surface area contributed by atoms with Crippen LogP contribution in [0.25, 0.3) is 0 Å². The minimum absolute atomic E-state index is 0.330. The Hall–Kier alpha value is -2.42. The highest BCUT2D eigenvalue weighted by Gasteiger charge is 2.35. The fourth-order valence-electron chi connectivity index (χ4n) is 2.09. The highest BCUT2D eigenvalue weighted by Crippen LogP contribution is 2.30. The Bertz CT molecular complexity index is 611. The van der Waals surface area contributed by atoms with Crippen molar-refractivity contribution in [3.8, 4) is 0 Å². The highest BCUT2D eigenvalue weighted by molar-refractivity contribution is 6.52. The second kappa shape index (κ2) is 5.06. The van der Waals surface area contributed by atoms with Crippen molar-refractivity contribution in [3.63, 3.8) is 0 Å². The molecule has 0 spiro atoms. The number of carbonyl (C=O) groups is 2. The van der Waals surface area contributed by atoms with Gasteiger partial charge in [-0.1, -0.05) is 43.0 Å². The van der Waals surface area contributed by atoms with E-state index in [-0.39, 0.29) is 0 Å². The monoisotopic (exact) mass is 253 g/mol. The van der Waals surface area contributed by atoms with E-state index in [1.165, 1.54) is 4.90 Å². The van der Waals surface area contributed by atoms with Crippen LogP contribution in [-0.4, -0.2) is 18.2 Å². The average Bonchev–Trinajstić information content (AvgIpc) is 2.63. The molecule has 3 heteroatoms. The molecular weight excluding hydrogens is 238 g/mol. The normalized spacial score (nSPS) is 14.6. The summed E-state index contributed by atoms with van der Waals surface area (Å²) in [5.74, 6) is -0.932. The van der Waals surface area contributed by atoms with Crippen molar-refractivity contribution in [3.05, 3.63) is 66.3 Å². The molecule has 1 amide bonds. The van der Waals surface area contributed by atoms with Crippen LogP contribution in [0.2, 0.25) is 0 Å². The third-order valence-corrected chi connectivity index (χ3v) is 3.06. The molecular formula is C16H15NO2. The third kappa shape index (κ3) is 2.27. The lowest BCUT2D eigenvalue weighted by atomic mass is 10.1. The van der Waals surface area contributed by atoms with E-state index in [0.717, 1.165) is 11.1 Å². The largest absolute Gasteiger partial charge is 0.300 e. The average molecular weight is 253 g/mol. The number of amides is 1. The fraction of sp³-hybridized carbons (Fsp3) is 0.125. The van der Waals surface area contributed by atoms with Gasteiger partial charge in [-0.15, -0.1) is 0 Å². The van der Waals surface area contributed by atoms with Crippen molar-refractivity contribution in [2.45, 2.75) is 6.92 Å². The Kier molecular flexibility index (Phi) is 3.47. The quantitative estimate of drug-likeness (QED) is 0.611. The van der Waals surface area contributed by atoms with Crippen molar-refractivity contribution in [2.75, 3.05) is 11.4 Å². The van der Waals surface area contributed by atoms with Gasteiger partial charge >= 0.3 is 0 Å². The van der Waals surface area contributed by atoms with Crippen molar-refractivity contribution < 1.29 is 9.59 Å². The number of aryl methyl sites for hydroxylation is 1. The molecule has 0 aliphatic carbocycles. The topological polar surface area (TPSA) is 37.4 Å². The van der Waals surface area contributed by atoms with Gasteiger partial charge in [0, 0.05) is 0 Å². The number of allylic oxidation sites excluding steroid dienone is 2. The lowest BCUT2D eigenvalue weighted by Crippen LogP contribution is -2.31. The molecule has 0 saturated heterocycles. The summed E-state index contributed by atoms with van der Waals surface area (Å²) in [4.78, 5) is 25.4. The van der Waals surface area contributed by atoms with E-state index in [4.69, 9.17) is 0 Å². The molecule has 0 radical (unpaired) electrons. The second-order valence-corrected chi connectivity index (χ2v) is 4.42. The number of benzene rings is 1. The first kappa shape index (κ1) is 13.0. The Labute approximate surface area is 112 Å². The van der Waals surface area contributed by atoms with Crippen LogP contribution in [0.5, 0.6) is 0 Å². The number of Topliss-reactive ketones (excluding diaryl/α,β-unsaturated/α-hetero) is 1.